The molecule has 110 valence electrons. The van der Waals surface area contributed by atoms with Gasteiger partial charge in [0.1, 0.15) is 0 Å². The summed E-state index contributed by atoms with van der Waals surface area (Å²) in [6.07, 6.45) is 1.18. The fourth-order valence-corrected chi connectivity index (χ4v) is 2.74. The lowest BCUT2D eigenvalue weighted by Gasteiger charge is -2.36. The van der Waals surface area contributed by atoms with Gasteiger partial charge in [-0.05, 0) is 31.2 Å². The summed E-state index contributed by atoms with van der Waals surface area (Å²) in [6.45, 7) is 7.28. The first kappa shape index (κ1) is 14.9. The first-order valence-electron chi connectivity index (χ1n) is 6.90. The third-order valence-electron chi connectivity index (χ3n) is 3.60. The first-order valence-corrected chi connectivity index (χ1v) is 7.28. The number of hydrogen-bond acceptors (Lipinski definition) is 4. The molecule has 0 radical (unpaired) electrons. The zero-order valence-electron chi connectivity index (χ0n) is 11.7. The molecule has 1 saturated heterocycles. The number of amidine groups is 1. The molecule has 3 N–H and O–H groups in total. The number of rotatable bonds is 4. The molecular formula is C14H21ClN4O. The van der Waals surface area contributed by atoms with Crippen LogP contribution in [0.2, 0.25) is 5.02 Å². The molecule has 0 saturated carbocycles. The summed E-state index contributed by atoms with van der Waals surface area (Å²) in [7, 11) is 0. The van der Waals surface area contributed by atoms with Crippen molar-refractivity contribution in [3.05, 3.63) is 28.8 Å². The molecule has 1 aromatic rings. The molecule has 1 aromatic carbocycles. The van der Waals surface area contributed by atoms with E-state index < -0.39 is 0 Å². The van der Waals surface area contributed by atoms with Gasteiger partial charge in [0.2, 0.25) is 0 Å². The average Bonchev–Trinajstić information content (AvgIpc) is 2.47. The minimum absolute atomic E-state index is 0.0958. The molecule has 0 atom stereocenters. The molecule has 2 rings (SSSR count). The quantitative estimate of drug-likeness (QED) is 0.386. The third kappa shape index (κ3) is 3.35. The molecule has 0 aromatic heterocycles. The molecule has 0 spiro atoms. The number of nitrogens with two attached hydrogens (primary N) is 1. The maximum atomic E-state index is 8.91. The van der Waals surface area contributed by atoms with Crippen molar-refractivity contribution in [1.29, 1.82) is 0 Å². The average molecular weight is 297 g/mol. The number of halogens is 1. The van der Waals surface area contributed by atoms with Crippen LogP contribution < -0.4 is 10.6 Å². The van der Waals surface area contributed by atoms with Crippen LogP contribution >= 0.6 is 11.6 Å². The van der Waals surface area contributed by atoms with Gasteiger partial charge in [-0.3, -0.25) is 4.90 Å². The smallest absolute Gasteiger partial charge is 0.172 e. The summed E-state index contributed by atoms with van der Waals surface area (Å²) in [4.78, 5) is 4.71. The van der Waals surface area contributed by atoms with Crippen molar-refractivity contribution in [2.75, 3.05) is 37.6 Å². The molecule has 5 nitrogen and oxygen atoms in total. The topological polar surface area (TPSA) is 65.1 Å². The number of hydrogen-bond donors (Lipinski definition) is 2. The van der Waals surface area contributed by atoms with E-state index in [1.807, 2.05) is 12.1 Å². The Morgan fingerprint density at radius 3 is 2.65 bits per heavy atom. The van der Waals surface area contributed by atoms with Gasteiger partial charge in [-0.2, -0.15) is 0 Å². The Kier molecular flexibility index (Phi) is 5.09. The van der Waals surface area contributed by atoms with E-state index in [-0.39, 0.29) is 5.84 Å². The van der Waals surface area contributed by atoms with E-state index in [1.165, 1.54) is 6.42 Å². The molecule has 0 bridgehead atoms. The van der Waals surface area contributed by atoms with E-state index in [2.05, 4.69) is 21.9 Å². The van der Waals surface area contributed by atoms with Gasteiger partial charge < -0.3 is 15.8 Å². The van der Waals surface area contributed by atoms with Crippen molar-refractivity contribution >= 4 is 23.1 Å². The molecule has 20 heavy (non-hydrogen) atoms. The van der Waals surface area contributed by atoms with Crippen molar-refractivity contribution in [3.8, 4) is 0 Å². The van der Waals surface area contributed by atoms with Crippen molar-refractivity contribution in [2.24, 2.45) is 10.9 Å². The number of oxime groups is 1. The number of nitrogens with zero attached hydrogens (tertiary/aromatic N) is 3. The second-order valence-corrected chi connectivity index (χ2v) is 5.41. The lowest BCUT2D eigenvalue weighted by atomic mass is 10.1. The van der Waals surface area contributed by atoms with Gasteiger partial charge in [-0.25, -0.2) is 0 Å². The van der Waals surface area contributed by atoms with Crippen LogP contribution in [0.4, 0.5) is 5.69 Å². The lowest BCUT2D eigenvalue weighted by Crippen LogP contribution is -2.47. The van der Waals surface area contributed by atoms with E-state index in [0.717, 1.165) is 38.4 Å². The van der Waals surface area contributed by atoms with Crippen molar-refractivity contribution in [3.63, 3.8) is 0 Å². The van der Waals surface area contributed by atoms with E-state index in [1.54, 1.807) is 6.07 Å². The van der Waals surface area contributed by atoms with Crippen molar-refractivity contribution in [1.82, 2.24) is 4.90 Å². The van der Waals surface area contributed by atoms with Crippen molar-refractivity contribution in [2.45, 2.75) is 13.3 Å². The minimum Gasteiger partial charge on any atom is -0.409 e. The summed E-state index contributed by atoms with van der Waals surface area (Å²) >= 11 is 6.00. The molecule has 0 amide bonds. The summed E-state index contributed by atoms with van der Waals surface area (Å²) in [5.74, 6) is 0.0958. The highest BCUT2D eigenvalue weighted by molar-refractivity contribution is 6.31. The predicted octanol–water partition coefficient (Wildman–Crippen LogP) is 1.97. The largest absolute Gasteiger partial charge is 0.409 e. The van der Waals surface area contributed by atoms with E-state index in [4.69, 9.17) is 22.5 Å². The van der Waals surface area contributed by atoms with Gasteiger partial charge >= 0.3 is 0 Å². The van der Waals surface area contributed by atoms with Crippen LogP contribution in [0.1, 0.15) is 18.9 Å². The monoisotopic (exact) mass is 296 g/mol. The highest BCUT2D eigenvalue weighted by atomic mass is 35.5. The Bertz CT molecular complexity index is 484. The molecule has 1 aliphatic heterocycles. The van der Waals surface area contributed by atoms with Gasteiger partial charge in [-0.1, -0.05) is 23.7 Å². The summed E-state index contributed by atoms with van der Waals surface area (Å²) in [5.41, 5.74) is 7.41. The Balaban J connectivity index is 2.17. The second-order valence-electron chi connectivity index (χ2n) is 4.98. The van der Waals surface area contributed by atoms with Gasteiger partial charge in [0.15, 0.2) is 5.84 Å². The van der Waals surface area contributed by atoms with Crippen molar-refractivity contribution < 1.29 is 5.21 Å². The van der Waals surface area contributed by atoms with Gasteiger partial charge in [0.25, 0.3) is 0 Å². The third-order valence-corrected chi connectivity index (χ3v) is 3.83. The lowest BCUT2D eigenvalue weighted by molar-refractivity contribution is 0.258. The van der Waals surface area contributed by atoms with E-state index in [0.29, 0.717) is 10.6 Å². The predicted molar refractivity (Wildman–Crippen MR) is 82.9 cm³/mol. The number of anilines is 1. The highest BCUT2D eigenvalue weighted by Crippen LogP contribution is 2.25. The number of benzene rings is 1. The van der Waals surface area contributed by atoms with E-state index in [9.17, 15) is 0 Å². The summed E-state index contributed by atoms with van der Waals surface area (Å²) < 4.78 is 0. The first-order chi connectivity index (χ1) is 9.65. The molecule has 1 heterocycles. The Morgan fingerprint density at radius 1 is 1.35 bits per heavy atom. The van der Waals surface area contributed by atoms with Gasteiger partial charge in [0.05, 0.1) is 0 Å². The second kappa shape index (κ2) is 6.81. The van der Waals surface area contributed by atoms with Crippen LogP contribution in [0.15, 0.2) is 23.4 Å². The molecule has 6 heteroatoms. The molecule has 0 aliphatic carbocycles. The zero-order valence-corrected chi connectivity index (χ0v) is 12.5. The zero-order chi connectivity index (χ0) is 14.5. The maximum absolute atomic E-state index is 8.91. The summed E-state index contributed by atoms with van der Waals surface area (Å²) in [5, 5.41) is 12.6. The Morgan fingerprint density at radius 2 is 2.05 bits per heavy atom. The van der Waals surface area contributed by atoms with Gasteiger partial charge in [0, 0.05) is 42.5 Å². The SMILES string of the molecule is CCCN1CCN(c2ccc(Cl)cc2C(N)=NO)CC1. The molecule has 1 fully saturated rings. The standard InChI is InChI=1S/C14H21ClN4O/c1-2-5-18-6-8-19(9-7-18)13-4-3-11(15)10-12(13)14(16)17-20/h3-4,10,20H,2,5-9H2,1H3,(H2,16,17). The van der Waals surface area contributed by atoms with Crippen LogP contribution in [0, 0.1) is 0 Å². The van der Waals surface area contributed by atoms with Crippen LogP contribution in [0.25, 0.3) is 0 Å². The minimum atomic E-state index is 0.0958. The molecule has 0 unspecified atom stereocenters. The van der Waals surface area contributed by atoms with Crippen LogP contribution in [-0.4, -0.2) is 48.7 Å². The Hall–Kier alpha value is -1.46. The van der Waals surface area contributed by atoms with E-state index >= 15 is 0 Å². The summed E-state index contributed by atoms with van der Waals surface area (Å²) in [6, 6.07) is 5.51. The number of piperazine rings is 1. The normalized spacial score (nSPS) is 17.5. The van der Waals surface area contributed by atoms with Gasteiger partial charge in [-0.15, -0.1) is 0 Å². The van der Waals surface area contributed by atoms with Crippen LogP contribution in [-0.2, 0) is 0 Å². The molecular weight excluding hydrogens is 276 g/mol. The maximum Gasteiger partial charge on any atom is 0.172 e. The fourth-order valence-electron chi connectivity index (χ4n) is 2.57. The Labute approximate surface area is 124 Å². The fraction of sp³-hybridized carbons (Fsp3) is 0.500. The molecule has 1 aliphatic rings. The highest BCUT2D eigenvalue weighted by Gasteiger charge is 2.20. The van der Waals surface area contributed by atoms with Crippen LogP contribution in [0.3, 0.4) is 0 Å². The van der Waals surface area contributed by atoms with Crippen LogP contribution in [0.5, 0.6) is 0 Å².